The summed E-state index contributed by atoms with van der Waals surface area (Å²) in [6.07, 6.45) is 3.80. The van der Waals surface area contributed by atoms with E-state index in [1.165, 1.54) is 0 Å². The van der Waals surface area contributed by atoms with Gasteiger partial charge in [0, 0.05) is 11.9 Å². The number of nitrogens with one attached hydrogen (secondary N) is 1. The Hall–Kier alpha value is -3.54. The lowest BCUT2D eigenvalue weighted by molar-refractivity contribution is -0.120. The number of ether oxygens (including phenoxy) is 2. The second-order valence-corrected chi connectivity index (χ2v) is 5.82. The van der Waals surface area contributed by atoms with E-state index in [1.54, 1.807) is 20.4 Å². The standard InChI is InChI=1S/C21H21N3O3/c1-26-19-9-5-16(6-10-19)14-21(25)23-22-15-18-4-3-13-24(18)17-7-11-20(27-2)12-8-17/h3-13,15H,14H2,1-2H3,(H,23,25)/b22-15+. The van der Waals surface area contributed by atoms with E-state index in [9.17, 15) is 4.79 Å². The molecule has 1 N–H and O–H groups in total. The van der Waals surface area contributed by atoms with Crippen molar-refractivity contribution in [1.82, 2.24) is 9.99 Å². The summed E-state index contributed by atoms with van der Waals surface area (Å²) in [5.74, 6) is 1.38. The van der Waals surface area contributed by atoms with Crippen LogP contribution in [0.5, 0.6) is 11.5 Å². The monoisotopic (exact) mass is 363 g/mol. The van der Waals surface area contributed by atoms with Gasteiger partial charge in [-0.2, -0.15) is 5.10 Å². The summed E-state index contributed by atoms with van der Waals surface area (Å²) in [4.78, 5) is 12.0. The van der Waals surface area contributed by atoms with Crippen molar-refractivity contribution >= 4 is 12.1 Å². The summed E-state index contributed by atoms with van der Waals surface area (Å²) < 4.78 is 12.3. The molecule has 27 heavy (non-hydrogen) atoms. The first-order valence-electron chi connectivity index (χ1n) is 8.46. The Morgan fingerprint density at radius 3 is 2.26 bits per heavy atom. The number of rotatable bonds is 7. The van der Waals surface area contributed by atoms with Gasteiger partial charge >= 0.3 is 0 Å². The molecule has 0 saturated heterocycles. The average Bonchev–Trinajstić information content (AvgIpc) is 3.17. The first-order valence-corrected chi connectivity index (χ1v) is 8.46. The number of aromatic nitrogens is 1. The zero-order chi connectivity index (χ0) is 19.1. The van der Waals surface area contributed by atoms with Crippen molar-refractivity contribution in [3.63, 3.8) is 0 Å². The average molecular weight is 363 g/mol. The van der Waals surface area contributed by atoms with E-state index in [1.807, 2.05) is 71.4 Å². The van der Waals surface area contributed by atoms with Crippen molar-refractivity contribution in [3.05, 3.63) is 78.1 Å². The highest BCUT2D eigenvalue weighted by atomic mass is 16.5. The molecule has 0 atom stereocenters. The molecule has 0 spiro atoms. The minimum atomic E-state index is -0.182. The number of hydrogen-bond donors (Lipinski definition) is 1. The molecule has 0 bridgehead atoms. The summed E-state index contributed by atoms with van der Waals surface area (Å²) in [6, 6.07) is 18.9. The van der Waals surface area contributed by atoms with Crippen LogP contribution < -0.4 is 14.9 Å². The van der Waals surface area contributed by atoms with E-state index in [0.29, 0.717) is 0 Å². The molecule has 1 amide bonds. The Morgan fingerprint density at radius 1 is 1.00 bits per heavy atom. The van der Waals surface area contributed by atoms with E-state index in [2.05, 4.69) is 10.5 Å². The van der Waals surface area contributed by atoms with Crippen LogP contribution in [0.3, 0.4) is 0 Å². The molecule has 0 saturated carbocycles. The van der Waals surface area contributed by atoms with Crippen LogP contribution in [0.25, 0.3) is 5.69 Å². The zero-order valence-electron chi connectivity index (χ0n) is 15.3. The molecule has 138 valence electrons. The first-order chi connectivity index (χ1) is 13.2. The highest BCUT2D eigenvalue weighted by Crippen LogP contribution is 2.16. The number of nitrogens with zero attached hydrogens (tertiary/aromatic N) is 2. The fraction of sp³-hybridized carbons (Fsp3) is 0.143. The molecule has 2 aromatic carbocycles. The summed E-state index contributed by atoms with van der Waals surface area (Å²) in [5.41, 5.74) is 5.28. The summed E-state index contributed by atoms with van der Waals surface area (Å²) in [6.45, 7) is 0. The third-order valence-corrected chi connectivity index (χ3v) is 4.04. The SMILES string of the molecule is COc1ccc(CC(=O)N/N=C/c2cccn2-c2ccc(OC)cc2)cc1. The van der Waals surface area contributed by atoms with Gasteiger partial charge in [0.25, 0.3) is 0 Å². The molecular formula is C21H21N3O3. The Bertz CT molecular complexity index is 913. The second kappa shape index (κ2) is 8.71. The van der Waals surface area contributed by atoms with E-state index in [0.717, 1.165) is 28.4 Å². The molecule has 1 aromatic heterocycles. The van der Waals surface area contributed by atoms with Gasteiger partial charge in [-0.25, -0.2) is 5.43 Å². The van der Waals surface area contributed by atoms with Gasteiger partial charge in [-0.05, 0) is 54.1 Å². The third-order valence-electron chi connectivity index (χ3n) is 4.04. The largest absolute Gasteiger partial charge is 0.497 e. The maximum absolute atomic E-state index is 12.0. The van der Waals surface area contributed by atoms with E-state index < -0.39 is 0 Å². The summed E-state index contributed by atoms with van der Waals surface area (Å²) in [5, 5.41) is 4.07. The maximum atomic E-state index is 12.0. The zero-order valence-corrected chi connectivity index (χ0v) is 15.3. The first kappa shape index (κ1) is 18.3. The van der Waals surface area contributed by atoms with Crippen LogP contribution in [0, 0.1) is 0 Å². The van der Waals surface area contributed by atoms with E-state index in [4.69, 9.17) is 9.47 Å². The highest BCUT2D eigenvalue weighted by molar-refractivity contribution is 5.82. The minimum absolute atomic E-state index is 0.182. The van der Waals surface area contributed by atoms with Crippen LogP contribution in [0.15, 0.2) is 72.0 Å². The molecule has 0 aliphatic rings. The number of hydrazone groups is 1. The van der Waals surface area contributed by atoms with Crippen LogP contribution in [-0.2, 0) is 11.2 Å². The number of carbonyl (C=O) groups is 1. The number of benzene rings is 2. The molecule has 0 fully saturated rings. The van der Waals surface area contributed by atoms with Gasteiger partial charge in [0.15, 0.2) is 0 Å². The smallest absolute Gasteiger partial charge is 0.244 e. The number of hydrogen-bond acceptors (Lipinski definition) is 4. The molecular weight excluding hydrogens is 342 g/mol. The van der Waals surface area contributed by atoms with Crippen molar-refractivity contribution in [2.75, 3.05) is 14.2 Å². The normalized spacial score (nSPS) is 10.7. The van der Waals surface area contributed by atoms with Crippen LogP contribution in [0.2, 0.25) is 0 Å². The van der Waals surface area contributed by atoms with E-state index >= 15 is 0 Å². The topological polar surface area (TPSA) is 64.8 Å². The van der Waals surface area contributed by atoms with Crippen molar-refractivity contribution in [2.24, 2.45) is 5.10 Å². The molecule has 3 rings (SSSR count). The van der Waals surface area contributed by atoms with Gasteiger partial charge in [0.2, 0.25) is 5.91 Å². The van der Waals surface area contributed by atoms with Gasteiger partial charge in [0.05, 0.1) is 32.5 Å². The molecule has 0 aliphatic heterocycles. The molecule has 0 aliphatic carbocycles. The molecule has 0 radical (unpaired) electrons. The molecule has 1 heterocycles. The summed E-state index contributed by atoms with van der Waals surface area (Å²) >= 11 is 0. The lowest BCUT2D eigenvalue weighted by atomic mass is 10.1. The number of carbonyl (C=O) groups excluding carboxylic acids is 1. The Morgan fingerprint density at radius 2 is 1.63 bits per heavy atom. The van der Waals surface area contributed by atoms with Gasteiger partial charge in [0.1, 0.15) is 11.5 Å². The van der Waals surface area contributed by atoms with Crippen LogP contribution in [0.1, 0.15) is 11.3 Å². The van der Waals surface area contributed by atoms with Gasteiger partial charge < -0.3 is 14.0 Å². The lowest BCUT2D eigenvalue weighted by Gasteiger charge is -2.07. The molecule has 6 heteroatoms. The number of methoxy groups -OCH3 is 2. The Kier molecular flexibility index (Phi) is 5.89. The molecule has 0 unspecified atom stereocenters. The van der Waals surface area contributed by atoms with Crippen molar-refractivity contribution < 1.29 is 14.3 Å². The van der Waals surface area contributed by atoms with Crippen molar-refractivity contribution in [1.29, 1.82) is 0 Å². The predicted molar refractivity (Wildman–Crippen MR) is 105 cm³/mol. The predicted octanol–water partition coefficient (Wildman–Crippen LogP) is 3.19. The fourth-order valence-corrected chi connectivity index (χ4v) is 2.62. The van der Waals surface area contributed by atoms with Crippen LogP contribution in [-0.4, -0.2) is 30.9 Å². The Balaban J connectivity index is 1.61. The fourth-order valence-electron chi connectivity index (χ4n) is 2.62. The quantitative estimate of drug-likeness (QED) is 0.518. The number of amides is 1. The molecule has 6 nitrogen and oxygen atoms in total. The van der Waals surface area contributed by atoms with Crippen LogP contribution >= 0.6 is 0 Å². The minimum Gasteiger partial charge on any atom is -0.497 e. The molecule has 3 aromatic rings. The third kappa shape index (κ3) is 4.76. The van der Waals surface area contributed by atoms with Crippen LogP contribution in [0.4, 0.5) is 0 Å². The van der Waals surface area contributed by atoms with Gasteiger partial charge in [-0.1, -0.05) is 12.1 Å². The van der Waals surface area contributed by atoms with Gasteiger partial charge in [-0.15, -0.1) is 0 Å². The lowest BCUT2D eigenvalue weighted by Crippen LogP contribution is -2.20. The van der Waals surface area contributed by atoms with Crippen molar-refractivity contribution in [3.8, 4) is 17.2 Å². The van der Waals surface area contributed by atoms with Crippen molar-refractivity contribution in [2.45, 2.75) is 6.42 Å². The van der Waals surface area contributed by atoms with E-state index in [-0.39, 0.29) is 12.3 Å². The van der Waals surface area contributed by atoms with Gasteiger partial charge in [-0.3, -0.25) is 4.79 Å². The highest BCUT2D eigenvalue weighted by Gasteiger charge is 2.04. The maximum Gasteiger partial charge on any atom is 0.244 e. The Labute approximate surface area is 158 Å². The second-order valence-electron chi connectivity index (χ2n) is 5.82. The summed E-state index contributed by atoms with van der Waals surface area (Å²) in [7, 11) is 3.25.